The molecule has 8 heteroatoms. The highest BCUT2D eigenvalue weighted by Crippen LogP contribution is 2.27. The van der Waals surface area contributed by atoms with Gasteiger partial charge in [-0.3, -0.25) is 9.59 Å². The van der Waals surface area contributed by atoms with Gasteiger partial charge in [0.15, 0.2) is 0 Å². The topological polar surface area (TPSA) is 85.7 Å². The van der Waals surface area contributed by atoms with E-state index in [4.69, 9.17) is 9.47 Å². The summed E-state index contributed by atoms with van der Waals surface area (Å²) in [5, 5.41) is 7.14. The number of carbonyl (C=O) groups excluding carboxylic acids is 1. The van der Waals surface area contributed by atoms with Gasteiger partial charge < -0.3 is 19.7 Å². The Hall–Kier alpha value is -3.03. The molecule has 1 amide bonds. The lowest BCUT2D eigenvalue weighted by Gasteiger charge is -2.34. The predicted octanol–water partition coefficient (Wildman–Crippen LogP) is 2.53. The minimum absolute atomic E-state index is 0.0494. The summed E-state index contributed by atoms with van der Waals surface area (Å²) >= 11 is 0. The number of carbonyl (C=O) groups is 1. The van der Waals surface area contributed by atoms with Crippen molar-refractivity contribution < 1.29 is 14.3 Å². The van der Waals surface area contributed by atoms with Gasteiger partial charge in [0.2, 0.25) is 5.91 Å². The van der Waals surface area contributed by atoms with Gasteiger partial charge >= 0.3 is 0 Å². The summed E-state index contributed by atoms with van der Waals surface area (Å²) in [4.78, 5) is 26.8. The molecular formula is C21H28N4O4. The normalized spacial score (nSPS) is 16.4. The molecule has 1 N–H and O–H groups in total. The molecule has 0 unspecified atom stereocenters. The number of aryl methyl sites for hydroxylation is 1. The lowest BCUT2D eigenvalue weighted by Crippen LogP contribution is -2.38. The average Bonchev–Trinajstić information content (AvgIpc) is 2.73. The van der Waals surface area contributed by atoms with Crippen molar-refractivity contribution in [3.8, 4) is 11.5 Å². The molecule has 3 rings (SSSR count). The monoisotopic (exact) mass is 400 g/mol. The van der Waals surface area contributed by atoms with Crippen LogP contribution >= 0.6 is 0 Å². The second-order valence-electron chi connectivity index (χ2n) is 7.18. The molecule has 0 aliphatic carbocycles. The van der Waals surface area contributed by atoms with Crippen LogP contribution in [0.1, 0.15) is 26.2 Å². The molecule has 1 aliphatic heterocycles. The number of ether oxygens (including phenoxy) is 2. The van der Waals surface area contributed by atoms with E-state index in [0.29, 0.717) is 30.2 Å². The van der Waals surface area contributed by atoms with Crippen LogP contribution in [0.5, 0.6) is 11.5 Å². The lowest BCUT2D eigenvalue weighted by atomic mass is 9.94. The van der Waals surface area contributed by atoms with Crippen molar-refractivity contribution in [3.05, 3.63) is 40.8 Å². The number of methoxy groups -OCH3 is 2. The third-order valence-corrected chi connectivity index (χ3v) is 5.15. The fourth-order valence-electron chi connectivity index (χ4n) is 3.65. The van der Waals surface area contributed by atoms with Crippen molar-refractivity contribution in [3.63, 3.8) is 0 Å². The Balaban J connectivity index is 1.62. The number of nitrogens with zero attached hydrogens (tertiary/aromatic N) is 3. The average molecular weight is 400 g/mol. The molecule has 0 bridgehead atoms. The van der Waals surface area contributed by atoms with Crippen molar-refractivity contribution in [2.45, 2.75) is 32.7 Å². The first-order valence-corrected chi connectivity index (χ1v) is 9.87. The molecule has 0 saturated carbocycles. The minimum atomic E-state index is -0.100. The maximum absolute atomic E-state index is 12.6. The quantitative estimate of drug-likeness (QED) is 0.769. The Morgan fingerprint density at radius 2 is 1.93 bits per heavy atom. The van der Waals surface area contributed by atoms with E-state index < -0.39 is 0 Å². The SMILES string of the molecule is CCn1ncc(N2CCC[C@H](CC(=O)Nc3cc(OC)cc(OC)c3)C2)cc1=O. The van der Waals surface area contributed by atoms with Crippen LogP contribution in [0.15, 0.2) is 35.3 Å². The summed E-state index contributed by atoms with van der Waals surface area (Å²) in [6, 6.07) is 6.92. The smallest absolute Gasteiger partial charge is 0.268 e. The summed E-state index contributed by atoms with van der Waals surface area (Å²) in [7, 11) is 3.15. The summed E-state index contributed by atoms with van der Waals surface area (Å²) < 4.78 is 11.9. The maximum atomic E-state index is 12.6. The number of hydrogen-bond acceptors (Lipinski definition) is 6. The fraction of sp³-hybridized carbons (Fsp3) is 0.476. The largest absolute Gasteiger partial charge is 0.497 e. The van der Waals surface area contributed by atoms with Gasteiger partial charge in [0, 0.05) is 56.0 Å². The van der Waals surface area contributed by atoms with Crippen LogP contribution in [0.4, 0.5) is 11.4 Å². The highest BCUT2D eigenvalue weighted by atomic mass is 16.5. The predicted molar refractivity (Wildman–Crippen MR) is 112 cm³/mol. The first kappa shape index (κ1) is 20.7. The van der Waals surface area contributed by atoms with Crippen LogP contribution in [-0.2, 0) is 11.3 Å². The van der Waals surface area contributed by atoms with Crippen molar-refractivity contribution in [1.82, 2.24) is 9.78 Å². The molecular weight excluding hydrogens is 372 g/mol. The Labute approximate surface area is 170 Å². The first-order valence-electron chi connectivity index (χ1n) is 9.87. The number of nitrogens with one attached hydrogen (secondary N) is 1. The summed E-state index contributed by atoms with van der Waals surface area (Å²) in [5.74, 6) is 1.41. The van der Waals surface area contributed by atoms with Gasteiger partial charge in [-0.1, -0.05) is 0 Å². The highest BCUT2D eigenvalue weighted by molar-refractivity contribution is 5.91. The standard InChI is InChI=1S/C21H28N4O4/c1-4-25-21(27)11-17(13-22-25)24-7-5-6-15(14-24)8-20(26)23-16-9-18(28-2)12-19(10-16)29-3/h9-13,15H,4-8,14H2,1-3H3,(H,23,26)/t15-/m1/s1. The van der Waals surface area contributed by atoms with Gasteiger partial charge in [-0.05, 0) is 25.7 Å². The molecule has 2 heterocycles. The first-order chi connectivity index (χ1) is 14.0. The van der Waals surface area contributed by atoms with Crippen LogP contribution in [0.3, 0.4) is 0 Å². The van der Waals surface area contributed by atoms with E-state index in [9.17, 15) is 9.59 Å². The van der Waals surface area contributed by atoms with E-state index in [2.05, 4.69) is 15.3 Å². The van der Waals surface area contributed by atoms with Crippen LogP contribution in [0.2, 0.25) is 0 Å². The molecule has 0 radical (unpaired) electrons. The zero-order valence-corrected chi connectivity index (χ0v) is 17.2. The van der Waals surface area contributed by atoms with E-state index in [1.165, 1.54) is 4.68 Å². The molecule has 1 saturated heterocycles. The van der Waals surface area contributed by atoms with Crippen molar-refractivity contribution in [2.75, 3.05) is 37.5 Å². The molecule has 2 aromatic rings. The van der Waals surface area contributed by atoms with E-state index in [1.54, 1.807) is 44.7 Å². The van der Waals surface area contributed by atoms with Gasteiger partial charge in [0.25, 0.3) is 5.56 Å². The number of benzene rings is 1. The van der Waals surface area contributed by atoms with Crippen LogP contribution in [-0.4, -0.2) is 43.0 Å². The maximum Gasteiger partial charge on any atom is 0.268 e. The van der Waals surface area contributed by atoms with Crippen LogP contribution in [0.25, 0.3) is 0 Å². The van der Waals surface area contributed by atoms with Gasteiger partial charge in [0.05, 0.1) is 26.1 Å². The van der Waals surface area contributed by atoms with Crippen molar-refractivity contribution in [1.29, 1.82) is 0 Å². The third-order valence-electron chi connectivity index (χ3n) is 5.15. The Bertz CT molecular complexity index is 890. The van der Waals surface area contributed by atoms with Crippen LogP contribution < -0.4 is 25.2 Å². The second kappa shape index (κ2) is 9.45. The molecule has 1 fully saturated rings. The van der Waals surface area contributed by atoms with E-state index >= 15 is 0 Å². The molecule has 156 valence electrons. The summed E-state index contributed by atoms with van der Waals surface area (Å²) in [5.41, 5.74) is 1.37. The van der Waals surface area contributed by atoms with Crippen molar-refractivity contribution in [2.24, 2.45) is 5.92 Å². The van der Waals surface area contributed by atoms with E-state index in [0.717, 1.165) is 31.6 Å². The van der Waals surface area contributed by atoms with Crippen molar-refractivity contribution >= 4 is 17.3 Å². The second-order valence-corrected chi connectivity index (χ2v) is 7.18. The van der Waals surface area contributed by atoms with E-state index in [-0.39, 0.29) is 17.4 Å². The fourth-order valence-corrected chi connectivity index (χ4v) is 3.65. The van der Waals surface area contributed by atoms with E-state index in [1.807, 2.05) is 6.92 Å². The van der Waals surface area contributed by atoms with Gasteiger partial charge in [-0.25, -0.2) is 4.68 Å². The molecule has 29 heavy (non-hydrogen) atoms. The number of anilines is 2. The molecule has 1 aromatic heterocycles. The Kier molecular flexibility index (Phi) is 6.74. The minimum Gasteiger partial charge on any atom is -0.497 e. The third kappa shape index (κ3) is 5.28. The molecule has 1 aliphatic rings. The highest BCUT2D eigenvalue weighted by Gasteiger charge is 2.23. The molecule has 1 atom stereocenters. The zero-order valence-electron chi connectivity index (χ0n) is 17.2. The summed E-state index contributed by atoms with van der Waals surface area (Å²) in [6.45, 7) is 4.03. The Morgan fingerprint density at radius 3 is 2.55 bits per heavy atom. The number of amides is 1. The van der Waals surface area contributed by atoms with Gasteiger partial charge in [-0.2, -0.15) is 5.10 Å². The number of aromatic nitrogens is 2. The Morgan fingerprint density at radius 1 is 1.21 bits per heavy atom. The number of hydrogen-bond donors (Lipinski definition) is 1. The molecule has 1 aromatic carbocycles. The lowest BCUT2D eigenvalue weighted by molar-refractivity contribution is -0.117. The zero-order chi connectivity index (χ0) is 20.8. The van der Waals surface area contributed by atoms with Crippen LogP contribution in [0, 0.1) is 5.92 Å². The van der Waals surface area contributed by atoms with Gasteiger partial charge in [-0.15, -0.1) is 0 Å². The molecule has 0 spiro atoms. The molecule has 8 nitrogen and oxygen atoms in total. The number of piperidine rings is 1. The summed E-state index contributed by atoms with van der Waals surface area (Å²) in [6.07, 6.45) is 4.10. The number of rotatable bonds is 7. The van der Waals surface area contributed by atoms with Gasteiger partial charge in [0.1, 0.15) is 11.5 Å².